The maximum absolute atomic E-state index is 12.5. The van der Waals surface area contributed by atoms with Gasteiger partial charge < -0.3 is 10.6 Å². The lowest BCUT2D eigenvalue weighted by molar-refractivity contribution is 0.102. The first-order valence-electron chi connectivity index (χ1n) is 7.76. The average molecular weight is 388 g/mol. The number of rotatable bonds is 5. The predicted molar refractivity (Wildman–Crippen MR) is 103 cm³/mol. The van der Waals surface area contributed by atoms with Gasteiger partial charge in [-0.25, -0.2) is 9.97 Å². The molecule has 0 bridgehead atoms. The molecule has 3 rings (SSSR count). The number of hydrogen-bond acceptors (Lipinski definition) is 5. The first kappa shape index (κ1) is 18.1. The van der Waals surface area contributed by atoms with Gasteiger partial charge in [-0.2, -0.15) is 0 Å². The zero-order valence-corrected chi connectivity index (χ0v) is 15.3. The molecule has 0 unspecified atom stereocenters. The number of carbonyl (C=O) groups is 1. The Balaban J connectivity index is 1.76. The topological polar surface area (TPSA) is 79.8 Å². The minimum Gasteiger partial charge on any atom is -0.366 e. The molecule has 0 spiro atoms. The molecule has 0 fully saturated rings. The molecule has 2 N–H and O–H groups in total. The average Bonchev–Trinajstić information content (AvgIpc) is 2.63. The second-order valence-electron chi connectivity index (χ2n) is 5.47. The lowest BCUT2D eigenvalue weighted by atomic mass is 10.2. The molecule has 3 aromatic rings. The highest BCUT2D eigenvalue weighted by atomic mass is 35.5. The summed E-state index contributed by atoms with van der Waals surface area (Å²) < 4.78 is 0. The van der Waals surface area contributed by atoms with E-state index in [-0.39, 0.29) is 5.69 Å². The Morgan fingerprint density at radius 3 is 2.62 bits per heavy atom. The molecule has 0 aliphatic rings. The normalized spacial score (nSPS) is 10.4. The fourth-order valence-electron chi connectivity index (χ4n) is 2.25. The largest absolute Gasteiger partial charge is 0.366 e. The molecule has 1 aromatic carbocycles. The van der Waals surface area contributed by atoms with Crippen LogP contribution in [0.5, 0.6) is 0 Å². The standard InChI is InChI=1S/C18H15Cl2N5O/c1-11-23-16(18(26)25-15-8-13(19)2-3-14(15)20)9-17(24-11)22-10-12-4-6-21-7-5-12/h2-9H,10H2,1H3,(H,25,26)(H,22,23,24). The maximum atomic E-state index is 12.5. The van der Waals surface area contributed by atoms with Gasteiger partial charge in [0.15, 0.2) is 0 Å². The molecule has 6 nitrogen and oxygen atoms in total. The van der Waals surface area contributed by atoms with Gasteiger partial charge in [0, 0.05) is 30.0 Å². The van der Waals surface area contributed by atoms with Crippen LogP contribution in [0.2, 0.25) is 10.0 Å². The van der Waals surface area contributed by atoms with Crippen molar-refractivity contribution in [3.05, 3.63) is 75.9 Å². The Bertz CT molecular complexity index is 934. The highest BCUT2D eigenvalue weighted by molar-refractivity contribution is 6.35. The summed E-state index contributed by atoms with van der Waals surface area (Å²) in [4.78, 5) is 25.0. The van der Waals surface area contributed by atoms with Gasteiger partial charge in [-0.1, -0.05) is 23.2 Å². The molecule has 0 atom stereocenters. The number of pyridine rings is 1. The Labute approximate surface area is 160 Å². The molecule has 0 radical (unpaired) electrons. The summed E-state index contributed by atoms with van der Waals surface area (Å²) in [6.45, 7) is 2.28. The maximum Gasteiger partial charge on any atom is 0.274 e. The lowest BCUT2D eigenvalue weighted by Crippen LogP contribution is -2.16. The van der Waals surface area contributed by atoms with Gasteiger partial charge >= 0.3 is 0 Å². The van der Waals surface area contributed by atoms with Crippen molar-refractivity contribution in [2.45, 2.75) is 13.5 Å². The Hall–Kier alpha value is -2.70. The fourth-order valence-corrected chi connectivity index (χ4v) is 2.58. The molecule has 8 heteroatoms. The number of halogens is 2. The summed E-state index contributed by atoms with van der Waals surface area (Å²) >= 11 is 12.0. The van der Waals surface area contributed by atoms with Crippen LogP contribution < -0.4 is 10.6 Å². The Morgan fingerprint density at radius 1 is 1.08 bits per heavy atom. The second kappa shape index (κ2) is 8.12. The molecule has 0 aliphatic carbocycles. The summed E-state index contributed by atoms with van der Waals surface area (Å²) in [6.07, 6.45) is 3.44. The highest BCUT2D eigenvalue weighted by Crippen LogP contribution is 2.26. The number of amides is 1. The van der Waals surface area contributed by atoms with Crippen LogP contribution >= 0.6 is 23.2 Å². The van der Waals surface area contributed by atoms with Crippen molar-refractivity contribution in [3.63, 3.8) is 0 Å². The first-order valence-corrected chi connectivity index (χ1v) is 8.52. The summed E-state index contributed by atoms with van der Waals surface area (Å²) in [5.74, 6) is 0.635. The van der Waals surface area contributed by atoms with E-state index in [0.29, 0.717) is 33.9 Å². The first-order chi connectivity index (χ1) is 12.5. The van der Waals surface area contributed by atoms with Crippen LogP contribution in [-0.4, -0.2) is 20.9 Å². The summed E-state index contributed by atoms with van der Waals surface area (Å²) in [7, 11) is 0. The molecule has 0 saturated carbocycles. The van der Waals surface area contributed by atoms with Crippen LogP contribution in [0.1, 0.15) is 21.9 Å². The molecule has 1 amide bonds. The molecule has 0 saturated heterocycles. The van der Waals surface area contributed by atoms with E-state index in [9.17, 15) is 4.79 Å². The third-order valence-corrected chi connectivity index (χ3v) is 4.03. The molecular weight excluding hydrogens is 373 g/mol. The minimum absolute atomic E-state index is 0.228. The van der Waals surface area contributed by atoms with Gasteiger partial charge in [0.25, 0.3) is 5.91 Å². The smallest absolute Gasteiger partial charge is 0.274 e. The van der Waals surface area contributed by atoms with Gasteiger partial charge in [-0.05, 0) is 42.8 Å². The van der Waals surface area contributed by atoms with Crippen LogP contribution in [0.25, 0.3) is 0 Å². The number of hydrogen-bond donors (Lipinski definition) is 2. The zero-order valence-electron chi connectivity index (χ0n) is 13.8. The van der Waals surface area contributed by atoms with E-state index in [2.05, 4.69) is 25.6 Å². The van der Waals surface area contributed by atoms with Gasteiger partial charge in [-0.3, -0.25) is 9.78 Å². The number of anilines is 2. The lowest BCUT2D eigenvalue weighted by Gasteiger charge is -2.10. The van der Waals surface area contributed by atoms with Crippen LogP contribution in [0.15, 0.2) is 48.8 Å². The Morgan fingerprint density at radius 2 is 1.85 bits per heavy atom. The summed E-state index contributed by atoms with van der Waals surface area (Å²) in [6, 6.07) is 10.2. The van der Waals surface area contributed by atoms with E-state index in [1.54, 1.807) is 43.6 Å². The van der Waals surface area contributed by atoms with E-state index in [1.807, 2.05) is 12.1 Å². The summed E-state index contributed by atoms with van der Waals surface area (Å²) in [5, 5.41) is 6.76. The number of carbonyl (C=O) groups excluding carboxylic acids is 1. The molecule has 2 aromatic heterocycles. The number of nitrogens with zero attached hydrogens (tertiary/aromatic N) is 3. The Kier molecular flexibility index (Phi) is 5.65. The van der Waals surface area contributed by atoms with Crippen molar-refractivity contribution >= 4 is 40.6 Å². The summed E-state index contributed by atoms with van der Waals surface area (Å²) in [5.41, 5.74) is 1.70. The predicted octanol–water partition coefficient (Wildman–Crippen LogP) is 4.35. The number of aromatic nitrogens is 3. The van der Waals surface area contributed by atoms with Crippen LogP contribution in [-0.2, 0) is 6.54 Å². The van der Waals surface area contributed by atoms with Crippen molar-refractivity contribution in [2.24, 2.45) is 0 Å². The molecule has 0 aliphatic heterocycles. The number of aryl methyl sites for hydroxylation is 1. The van der Waals surface area contributed by atoms with Gasteiger partial charge in [-0.15, -0.1) is 0 Å². The van der Waals surface area contributed by atoms with E-state index in [0.717, 1.165) is 5.56 Å². The monoisotopic (exact) mass is 387 g/mol. The van der Waals surface area contributed by atoms with Crippen molar-refractivity contribution < 1.29 is 4.79 Å². The van der Waals surface area contributed by atoms with Crippen molar-refractivity contribution in [2.75, 3.05) is 10.6 Å². The van der Waals surface area contributed by atoms with Crippen LogP contribution in [0.3, 0.4) is 0 Å². The van der Waals surface area contributed by atoms with E-state index in [1.165, 1.54) is 0 Å². The van der Waals surface area contributed by atoms with Crippen molar-refractivity contribution in [3.8, 4) is 0 Å². The highest BCUT2D eigenvalue weighted by Gasteiger charge is 2.13. The van der Waals surface area contributed by atoms with Crippen LogP contribution in [0.4, 0.5) is 11.5 Å². The SMILES string of the molecule is Cc1nc(NCc2ccncc2)cc(C(=O)Nc2cc(Cl)ccc2Cl)n1. The van der Waals surface area contributed by atoms with E-state index >= 15 is 0 Å². The fraction of sp³-hybridized carbons (Fsp3) is 0.111. The third-order valence-electron chi connectivity index (χ3n) is 3.47. The third kappa shape index (κ3) is 4.68. The van der Waals surface area contributed by atoms with Crippen molar-refractivity contribution in [1.29, 1.82) is 0 Å². The number of nitrogens with one attached hydrogen (secondary N) is 2. The molecule has 132 valence electrons. The zero-order chi connectivity index (χ0) is 18.5. The quantitative estimate of drug-likeness (QED) is 0.679. The molecule has 2 heterocycles. The minimum atomic E-state index is -0.397. The molecule has 26 heavy (non-hydrogen) atoms. The van der Waals surface area contributed by atoms with Gasteiger partial charge in [0.1, 0.15) is 17.3 Å². The van der Waals surface area contributed by atoms with Crippen molar-refractivity contribution in [1.82, 2.24) is 15.0 Å². The second-order valence-corrected chi connectivity index (χ2v) is 6.32. The number of benzene rings is 1. The van der Waals surface area contributed by atoms with Crippen LogP contribution in [0, 0.1) is 6.92 Å². The van der Waals surface area contributed by atoms with Gasteiger partial charge in [0.05, 0.1) is 10.7 Å². The van der Waals surface area contributed by atoms with E-state index in [4.69, 9.17) is 23.2 Å². The molecular formula is C18H15Cl2N5O. The van der Waals surface area contributed by atoms with E-state index < -0.39 is 5.91 Å². The van der Waals surface area contributed by atoms with Gasteiger partial charge in [0.2, 0.25) is 0 Å².